The van der Waals surface area contributed by atoms with Crippen LogP contribution in [0.3, 0.4) is 0 Å². The number of hydrogen-bond donors (Lipinski definition) is 2. The molecule has 1 aromatic carbocycles. The normalized spacial score (nSPS) is 15.8. The minimum Gasteiger partial charge on any atom is -0.486 e. The van der Waals surface area contributed by atoms with Gasteiger partial charge in [-0.1, -0.05) is 12.1 Å². The highest BCUT2D eigenvalue weighted by Gasteiger charge is 2.20. The molecule has 0 bridgehead atoms. The largest absolute Gasteiger partial charge is 0.486 e. The second-order valence-electron chi connectivity index (χ2n) is 5.63. The van der Waals surface area contributed by atoms with Gasteiger partial charge >= 0.3 is 6.03 Å². The molecule has 1 aromatic heterocycles. The van der Waals surface area contributed by atoms with Crippen LogP contribution in [0, 0.1) is 13.8 Å². The maximum Gasteiger partial charge on any atom is 0.314 e. The molecular formula is C17H21N3O3S. The van der Waals surface area contributed by atoms with Crippen LogP contribution in [-0.4, -0.2) is 36.8 Å². The van der Waals surface area contributed by atoms with Gasteiger partial charge in [0.2, 0.25) is 0 Å². The Kier molecular flexibility index (Phi) is 5.20. The van der Waals surface area contributed by atoms with Crippen LogP contribution in [0.1, 0.15) is 15.6 Å². The predicted molar refractivity (Wildman–Crippen MR) is 93.0 cm³/mol. The molecule has 2 amide bonds. The van der Waals surface area contributed by atoms with Gasteiger partial charge in [-0.3, -0.25) is 0 Å². The summed E-state index contributed by atoms with van der Waals surface area (Å²) in [4.78, 5) is 17.5. The van der Waals surface area contributed by atoms with Gasteiger partial charge in [0.1, 0.15) is 6.61 Å². The molecule has 0 spiro atoms. The van der Waals surface area contributed by atoms with E-state index in [1.807, 2.05) is 38.1 Å². The van der Waals surface area contributed by atoms with Gasteiger partial charge in [-0.2, -0.15) is 0 Å². The number of aromatic nitrogens is 1. The summed E-state index contributed by atoms with van der Waals surface area (Å²) < 4.78 is 11.4. The molecule has 0 saturated carbocycles. The molecule has 0 saturated heterocycles. The molecule has 1 aliphatic heterocycles. The third kappa shape index (κ3) is 4.17. The van der Waals surface area contributed by atoms with Crippen molar-refractivity contribution in [3.05, 3.63) is 39.8 Å². The van der Waals surface area contributed by atoms with Crippen LogP contribution in [-0.2, 0) is 6.42 Å². The number of fused-ring (bicyclic) bond motifs is 1. The Labute approximate surface area is 145 Å². The van der Waals surface area contributed by atoms with Gasteiger partial charge < -0.3 is 20.1 Å². The van der Waals surface area contributed by atoms with Crippen molar-refractivity contribution in [1.29, 1.82) is 0 Å². The first-order valence-electron chi connectivity index (χ1n) is 7.95. The molecule has 24 heavy (non-hydrogen) atoms. The Hall–Kier alpha value is -2.28. The summed E-state index contributed by atoms with van der Waals surface area (Å²) in [5, 5.41) is 6.74. The molecule has 1 atom stereocenters. The zero-order valence-corrected chi connectivity index (χ0v) is 14.6. The lowest BCUT2D eigenvalue weighted by molar-refractivity contribution is 0.0918. The van der Waals surface area contributed by atoms with Gasteiger partial charge in [-0.25, -0.2) is 9.78 Å². The van der Waals surface area contributed by atoms with E-state index in [0.29, 0.717) is 25.4 Å². The van der Waals surface area contributed by atoms with Crippen LogP contribution in [0.4, 0.5) is 4.79 Å². The fraction of sp³-hybridized carbons (Fsp3) is 0.412. The Morgan fingerprint density at radius 3 is 2.83 bits per heavy atom. The van der Waals surface area contributed by atoms with E-state index >= 15 is 0 Å². The van der Waals surface area contributed by atoms with E-state index in [-0.39, 0.29) is 12.1 Å². The lowest BCUT2D eigenvalue weighted by Gasteiger charge is -2.26. The van der Waals surface area contributed by atoms with E-state index in [1.165, 1.54) is 4.88 Å². The highest BCUT2D eigenvalue weighted by molar-refractivity contribution is 7.11. The first kappa shape index (κ1) is 16.6. The number of para-hydroxylation sites is 2. The average Bonchev–Trinajstić information content (AvgIpc) is 2.90. The number of rotatable bonds is 5. The third-order valence-electron chi connectivity index (χ3n) is 3.70. The summed E-state index contributed by atoms with van der Waals surface area (Å²) in [6, 6.07) is 7.33. The van der Waals surface area contributed by atoms with Gasteiger partial charge in [-0.05, 0) is 26.0 Å². The molecule has 7 heteroatoms. The molecule has 6 nitrogen and oxygen atoms in total. The number of hydrogen-bond acceptors (Lipinski definition) is 5. The van der Waals surface area contributed by atoms with E-state index in [0.717, 1.165) is 22.9 Å². The topological polar surface area (TPSA) is 72.5 Å². The highest BCUT2D eigenvalue weighted by Crippen LogP contribution is 2.30. The predicted octanol–water partition coefficient (Wildman–Crippen LogP) is 2.44. The smallest absolute Gasteiger partial charge is 0.314 e. The number of carbonyl (C=O) groups excluding carboxylic acids is 1. The van der Waals surface area contributed by atoms with Crippen molar-refractivity contribution in [2.75, 3.05) is 19.7 Å². The van der Waals surface area contributed by atoms with Gasteiger partial charge in [0.05, 0.1) is 17.2 Å². The van der Waals surface area contributed by atoms with Crippen LogP contribution in [0.2, 0.25) is 0 Å². The van der Waals surface area contributed by atoms with E-state index in [1.54, 1.807) is 11.3 Å². The molecule has 2 N–H and O–H groups in total. The Balaban J connectivity index is 1.38. The van der Waals surface area contributed by atoms with E-state index < -0.39 is 0 Å². The second kappa shape index (κ2) is 7.53. The molecule has 1 aliphatic rings. The third-order valence-corrected chi connectivity index (χ3v) is 4.83. The number of aryl methyl sites for hydroxylation is 2. The van der Waals surface area contributed by atoms with Crippen molar-refractivity contribution in [2.45, 2.75) is 26.4 Å². The minimum absolute atomic E-state index is 0.183. The number of thiazole rings is 1. The van der Waals surface area contributed by atoms with Crippen LogP contribution >= 0.6 is 11.3 Å². The Bertz CT molecular complexity index is 717. The Morgan fingerprint density at radius 1 is 1.29 bits per heavy atom. The van der Waals surface area contributed by atoms with Crippen molar-refractivity contribution in [2.24, 2.45) is 0 Å². The number of nitrogens with zero attached hydrogens (tertiary/aromatic N) is 1. The summed E-state index contributed by atoms with van der Waals surface area (Å²) in [7, 11) is 0. The van der Waals surface area contributed by atoms with Crippen molar-refractivity contribution >= 4 is 17.4 Å². The molecule has 128 valence electrons. The summed E-state index contributed by atoms with van der Waals surface area (Å²) in [5.41, 5.74) is 1.05. The number of ether oxygens (including phenoxy) is 2. The van der Waals surface area contributed by atoms with Crippen LogP contribution in [0.25, 0.3) is 0 Å². The Morgan fingerprint density at radius 2 is 2.08 bits per heavy atom. The van der Waals surface area contributed by atoms with Gasteiger partial charge in [0.25, 0.3) is 0 Å². The number of amides is 2. The zero-order chi connectivity index (χ0) is 16.9. The minimum atomic E-state index is -0.198. The van der Waals surface area contributed by atoms with Gasteiger partial charge in [-0.15, -0.1) is 11.3 Å². The standard InChI is InChI=1S/C17H21N3O3S/c1-11-16(24-12(2)20-11)7-8-18-17(21)19-9-13-10-22-14-5-3-4-6-15(14)23-13/h3-6,13H,7-10H2,1-2H3,(H2,18,19,21)/t13-/m1/s1. The SMILES string of the molecule is Cc1nc(C)c(CCNC(=O)NC[C@@H]2COc3ccccc3O2)s1. The maximum atomic E-state index is 11.9. The van der Waals surface area contributed by atoms with Crippen LogP contribution in [0.5, 0.6) is 11.5 Å². The summed E-state index contributed by atoms with van der Waals surface area (Å²) >= 11 is 1.68. The summed E-state index contributed by atoms with van der Waals surface area (Å²) in [6.45, 7) is 5.40. The molecular weight excluding hydrogens is 326 g/mol. The maximum absolute atomic E-state index is 11.9. The van der Waals surface area contributed by atoms with Crippen molar-refractivity contribution in [3.63, 3.8) is 0 Å². The molecule has 2 heterocycles. The lowest BCUT2D eigenvalue weighted by atomic mass is 10.2. The van der Waals surface area contributed by atoms with Crippen molar-refractivity contribution in [3.8, 4) is 11.5 Å². The van der Waals surface area contributed by atoms with Gasteiger partial charge in [0, 0.05) is 17.8 Å². The number of urea groups is 1. The summed E-state index contributed by atoms with van der Waals surface area (Å²) in [5.74, 6) is 1.46. The second-order valence-corrected chi connectivity index (χ2v) is 6.91. The van der Waals surface area contributed by atoms with Gasteiger partial charge in [0.15, 0.2) is 17.6 Å². The summed E-state index contributed by atoms with van der Waals surface area (Å²) in [6.07, 6.45) is 0.610. The molecule has 0 unspecified atom stereocenters. The van der Waals surface area contributed by atoms with Crippen LogP contribution < -0.4 is 20.1 Å². The fourth-order valence-corrected chi connectivity index (χ4v) is 3.46. The van der Waals surface area contributed by atoms with Crippen molar-refractivity contribution in [1.82, 2.24) is 15.6 Å². The number of benzene rings is 1. The monoisotopic (exact) mass is 347 g/mol. The molecule has 0 radical (unpaired) electrons. The number of nitrogens with one attached hydrogen (secondary N) is 2. The first-order valence-corrected chi connectivity index (χ1v) is 8.76. The molecule has 3 rings (SSSR count). The van der Waals surface area contributed by atoms with E-state index in [4.69, 9.17) is 9.47 Å². The van der Waals surface area contributed by atoms with E-state index in [2.05, 4.69) is 15.6 Å². The van der Waals surface area contributed by atoms with Crippen molar-refractivity contribution < 1.29 is 14.3 Å². The number of carbonyl (C=O) groups is 1. The molecule has 0 fully saturated rings. The fourth-order valence-electron chi connectivity index (χ4n) is 2.53. The lowest BCUT2D eigenvalue weighted by Crippen LogP contribution is -2.44. The van der Waals surface area contributed by atoms with Crippen LogP contribution in [0.15, 0.2) is 24.3 Å². The average molecular weight is 347 g/mol. The molecule has 0 aliphatic carbocycles. The zero-order valence-electron chi connectivity index (χ0n) is 13.8. The first-order chi connectivity index (χ1) is 11.6. The quantitative estimate of drug-likeness (QED) is 0.871. The highest BCUT2D eigenvalue weighted by atomic mass is 32.1. The molecule has 2 aromatic rings. The van der Waals surface area contributed by atoms with E-state index in [9.17, 15) is 4.79 Å².